The van der Waals surface area contributed by atoms with E-state index in [0.29, 0.717) is 6.29 Å². The summed E-state index contributed by atoms with van der Waals surface area (Å²) in [7, 11) is 0. The van der Waals surface area contributed by atoms with Crippen molar-refractivity contribution in [1.29, 1.82) is 0 Å². The molecule has 0 bridgehead atoms. The number of hydrogen-bond acceptors (Lipinski definition) is 3. The van der Waals surface area contributed by atoms with E-state index in [-0.39, 0.29) is 11.3 Å². The van der Waals surface area contributed by atoms with Crippen LogP contribution in [0.4, 0.5) is 0 Å². The van der Waals surface area contributed by atoms with Crippen LogP contribution >= 0.6 is 0 Å². The molecule has 0 radical (unpaired) electrons. The van der Waals surface area contributed by atoms with Gasteiger partial charge in [-0.2, -0.15) is 0 Å². The number of pyridine rings is 1. The molecule has 0 unspecified atom stereocenters. The molecule has 3 aromatic rings. The van der Waals surface area contributed by atoms with Crippen molar-refractivity contribution in [1.82, 2.24) is 4.98 Å². The van der Waals surface area contributed by atoms with Gasteiger partial charge in [0.05, 0.1) is 16.8 Å². The van der Waals surface area contributed by atoms with Gasteiger partial charge in [-0.1, -0.05) is 36.4 Å². The molecular formula is C18H13NO2. The average molecular weight is 275 g/mol. The van der Waals surface area contributed by atoms with Crippen molar-refractivity contribution in [2.45, 2.75) is 0 Å². The van der Waals surface area contributed by atoms with E-state index in [1.807, 2.05) is 48.6 Å². The maximum absolute atomic E-state index is 10.8. The quantitative estimate of drug-likeness (QED) is 0.737. The number of carbonyl (C=O) groups is 1. The number of phenols is 1. The molecule has 0 aliphatic rings. The van der Waals surface area contributed by atoms with E-state index in [2.05, 4.69) is 4.98 Å². The molecule has 3 rings (SSSR count). The van der Waals surface area contributed by atoms with Gasteiger partial charge in [-0.15, -0.1) is 0 Å². The zero-order chi connectivity index (χ0) is 14.7. The first-order valence-corrected chi connectivity index (χ1v) is 6.58. The highest BCUT2D eigenvalue weighted by molar-refractivity contribution is 5.83. The number of aromatic hydroxyl groups is 1. The minimum absolute atomic E-state index is 0.00835. The molecule has 3 nitrogen and oxygen atoms in total. The van der Waals surface area contributed by atoms with E-state index in [0.717, 1.165) is 22.2 Å². The van der Waals surface area contributed by atoms with Crippen LogP contribution in [0.2, 0.25) is 0 Å². The molecular weight excluding hydrogens is 262 g/mol. The third-order valence-corrected chi connectivity index (χ3v) is 3.25. The number of hydrogen-bond donors (Lipinski definition) is 1. The Morgan fingerprint density at radius 3 is 2.67 bits per heavy atom. The van der Waals surface area contributed by atoms with Gasteiger partial charge < -0.3 is 5.11 Å². The summed E-state index contributed by atoms with van der Waals surface area (Å²) >= 11 is 0. The molecule has 2 aromatic carbocycles. The minimum Gasteiger partial charge on any atom is -0.507 e. The van der Waals surface area contributed by atoms with Crippen molar-refractivity contribution in [3.8, 4) is 5.75 Å². The number of para-hydroxylation sites is 1. The van der Waals surface area contributed by atoms with Gasteiger partial charge >= 0.3 is 0 Å². The monoisotopic (exact) mass is 275 g/mol. The summed E-state index contributed by atoms with van der Waals surface area (Å²) in [5.41, 5.74) is 2.90. The molecule has 1 heterocycles. The SMILES string of the molecule is O=Cc1cc(C=Cc2ccc3ccccc3n2)ccc1O. The van der Waals surface area contributed by atoms with E-state index < -0.39 is 0 Å². The largest absolute Gasteiger partial charge is 0.507 e. The van der Waals surface area contributed by atoms with Gasteiger partial charge in [0.15, 0.2) is 6.29 Å². The highest BCUT2D eigenvalue weighted by Gasteiger charge is 2.00. The predicted molar refractivity (Wildman–Crippen MR) is 84.2 cm³/mol. The first-order chi connectivity index (χ1) is 10.3. The number of carbonyl (C=O) groups excluding carboxylic acids is 1. The summed E-state index contributed by atoms with van der Waals surface area (Å²) in [5, 5.41) is 10.6. The molecule has 0 aliphatic heterocycles. The number of aromatic nitrogens is 1. The number of rotatable bonds is 3. The first-order valence-electron chi connectivity index (χ1n) is 6.58. The van der Waals surface area contributed by atoms with Crippen LogP contribution in [0.3, 0.4) is 0 Å². The number of nitrogens with zero attached hydrogens (tertiary/aromatic N) is 1. The molecule has 1 aromatic heterocycles. The maximum atomic E-state index is 10.8. The number of fused-ring (bicyclic) bond motifs is 1. The summed E-state index contributed by atoms with van der Waals surface area (Å²) < 4.78 is 0. The minimum atomic E-state index is -0.00835. The molecule has 1 N–H and O–H groups in total. The Bertz CT molecular complexity index is 837. The first kappa shape index (κ1) is 13.1. The van der Waals surface area contributed by atoms with E-state index in [9.17, 15) is 9.90 Å². The highest BCUT2D eigenvalue weighted by Crippen LogP contribution is 2.18. The van der Waals surface area contributed by atoms with Crippen LogP contribution in [-0.4, -0.2) is 16.4 Å². The highest BCUT2D eigenvalue weighted by atomic mass is 16.3. The van der Waals surface area contributed by atoms with Gasteiger partial charge in [-0.05, 0) is 35.9 Å². The molecule has 0 amide bonds. The van der Waals surface area contributed by atoms with Crippen LogP contribution in [-0.2, 0) is 0 Å². The standard InChI is InChI=1S/C18H13NO2/c20-12-15-11-13(6-10-18(15)21)5-8-16-9-7-14-3-1-2-4-17(14)19-16/h1-12,21H. The van der Waals surface area contributed by atoms with Crippen LogP contribution in [0.15, 0.2) is 54.6 Å². The average Bonchev–Trinajstić information content (AvgIpc) is 2.54. The van der Waals surface area contributed by atoms with E-state index in [1.54, 1.807) is 12.1 Å². The maximum Gasteiger partial charge on any atom is 0.153 e. The molecule has 0 fully saturated rings. The van der Waals surface area contributed by atoms with Crippen molar-refractivity contribution in [2.75, 3.05) is 0 Å². The lowest BCUT2D eigenvalue weighted by atomic mass is 10.1. The Morgan fingerprint density at radius 2 is 1.81 bits per heavy atom. The molecule has 0 atom stereocenters. The number of benzene rings is 2. The number of aldehydes is 1. The molecule has 0 saturated carbocycles. The van der Waals surface area contributed by atoms with E-state index in [1.165, 1.54) is 6.07 Å². The van der Waals surface area contributed by atoms with Crippen LogP contribution in [0, 0.1) is 0 Å². The second kappa shape index (κ2) is 5.59. The third kappa shape index (κ3) is 2.82. The molecule has 21 heavy (non-hydrogen) atoms. The zero-order valence-corrected chi connectivity index (χ0v) is 11.2. The molecule has 0 saturated heterocycles. The topological polar surface area (TPSA) is 50.2 Å². The molecule has 102 valence electrons. The fourth-order valence-electron chi connectivity index (χ4n) is 2.13. The molecule has 0 spiro atoms. The van der Waals surface area contributed by atoms with Crippen molar-refractivity contribution in [2.24, 2.45) is 0 Å². The van der Waals surface area contributed by atoms with Gasteiger partial charge in [-0.25, -0.2) is 4.98 Å². The van der Waals surface area contributed by atoms with Crippen LogP contribution in [0.5, 0.6) is 5.75 Å². The zero-order valence-electron chi connectivity index (χ0n) is 11.2. The van der Waals surface area contributed by atoms with E-state index in [4.69, 9.17) is 0 Å². The van der Waals surface area contributed by atoms with Gasteiger partial charge in [-0.3, -0.25) is 4.79 Å². The van der Waals surface area contributed by atoms with Crippen LogP contribution in [0.25, 0.3) is 23.1 Å². The van der Waals surface area contributed by atoms with Crippen molar-refractivity contribution < 1.29 is 9.90 Å². The lowest BCUT2D eigenvalue weighted by Crippen LogP contribution is -1.84. The number of phenolic OH excluding ortho intramolecular Hbond substituents is 1. The smallest absolute Gasteiger partial charge is 0.153 e. The Kier molecular flexibility index (Phi) is 3.48. The lowest BCUT2D eigenvalue weighted by molar-refractivity contribution is 0.112. The third-order valence-electron chi connectivity index (χ3n) is 3.25. The normalized spacial score (nSPS) is 11.0. The summed E-state index contributed by atoms with van der Waals surface area (Å²) in [4.78, 5) is 15.3. The molecule has 3 heteroatoms. The predicted octanol–water partition coefficient (Wildman–Crippen LogP) is 3.92. The van der Waals surface area contributed by atoms with Crippen LogP contribution in [0.1, 0.15) is 21.6 Å². The Morgan fingerprint density at radius 1 is 0.952 bits per heavy atom. The summed E-state index contributed by atoms with van der Waals surface area (Å²) in [6, 6.07) is 16.8. The van der Waals surface area contributed by atoms with Crippen molar-refractivity contribution >= 4 is 29.3 Å². The van der Waals surface area contributed by atoms with Gasteiger partial charge in [0.1, 0.15) is 5.75 Å². The Balaban J connectivity index is 1.92. The lowest BCUT2D eigenvalue weighted by Gasteiger charge is -2.00. The van der Waals surface area contributed by atoms with Gasteiger partial charge in [0, 0.05) is 5.39 Å². The fourth-order valence-corrected chi connectivity index (χ4v) is 2.13. The van der Waals surface area contributed by atoms with Gasteiger partial charge in [0.2, 0.25) is 0 Å². The second-order valence-corrected chi connectivity index (χ2v) is 4.70. The Hall–Kier alpha value is -2.94. The van der Waals surface area contributed by atoms with Crippen LogP contribution < -0.4 is 0 Å². The fraction of sp³-hybridized carbons (Fsp3) is 0. The summed E-state index contributed by atoms with van der Waals surface area (Å²) in [6.07, 6.45) is 4.39. The van der Waals surface area contributed by atoms with Crippen molar-refractivity contribution in [3.05, 3.63) is 71.4 Å². The molecule has 0 aliphatic carbocycles. The van der Waals surface area contributed by atoms with Gasteiger partial charge in [0.25, 0.3) is 0 Å². The summed E-state index contributed by atoms with van der Waals surface area (Å²) in [6.45, 7) is 0. The second-order valence-electron chi connectivity index (χ2n) is 4.70. The Labute approximate surface area is 122 Å². The van der Waals surface area contributed by atoms with E-state index >= 15 is 0 Å². The summed E-state index contributed by atoms with van der Waals surface area (Å²) in [5.74, 6) is -0.00835. The van der Waals surface area contributed by atoms with Crippen molar-refractivity contribution in [3.63, 3.8) is 0 Å².